The summed E-state index contributed by atoms with van der Waals surface area (Å²) in [5, 5.41) is 0.721. The molecule has 0 fully saturated rings. The van der Waals surface area contributed by atoms with Crippen molar-refractivity contribution in [2.24, 2.45) is 0 Å². The molecule has 0 saturated heterocycles. The van der Waals surface area contributed by atoms with Crippen LogP contribution in [-0.2, 0) is 12.8 Å². The molecule has 0 atom stereocenters. The molecular formula is C37H28N2O4. The van der Waals surface area contributed by atoms with Crippen LogP contribution in [0.4, 0.5) is 5.69 Å². The Morgan fingerprint density at radius 2 is 0.977 bits per heavy atom. The Kier molecular flexibility index (Phi) is 6.10. The average Bonchev–Trinajstić information content (AvgIpc) is 3.05. The number of imide groups is 2. The van der Waals surface area contributed by atoms with Crippen molar-refractivity contribution in [1.29, 1.82) is 0 Å². The molecule has 5 aromatic carbocycles. The molecule has 0 radical (unpaired) electrons. The van der Waals surface area contributed by atoms with Gasteiger partial charge in [-0.15, -0.1) is 0 Å². The maximum atomic E-state index is 14.8. The molecule has 0 aliphatic carbocycles. The van der Waals surface area contributed by atoms with Gasteiger partial charge in [0.1, 0.15) is 0 Å². The maximum absolute atomic E-state index is 14.8. The molecule has 0 bridgehead atoms. The van der Waals surface area contributed by atoms with Crippen molar-refractivity contribution in [1.82, 2.24) is 4.90 Å². The van der Waals surface area contributed by atoms with Gasteiger partial charge in [0.15, 0.2) is 0 Å². The standard InChI is InChI=1S/C37H28N2O4/c1-4-21-17-12-18-22(5-2)33(21)39-35(41)28-20-25(23-13-8-6-9-14-23)31-29-27(34(40)38(3)36(31)42)19-26(24-15-10-7-11-16-24)32(30(28)29)37(39)43/h6-20H,4-5H2,1-3H3. The molecular weight excluding hydrogens is 536 g/mol. The van der Waals surface area contributed by atoms with Crippen LogP contribution in [0.15, 0.2) is 91.0 Å². The molecule has 2 aliphatic heterocycles. The number of anilines is 1. The van der Waals surface area contributed by atoms with E-state index in [1.165, 1.54) is 11.9 Å². The Bertz CT molecular complexity index is 2010. The number of aryl methyl sites for hydroxylation is 2. The monoisotopic (exact) mass is 564 g/mol. The number of nitrogens with zero attached hydrogens (tertiary/aromatic N) is 2. The van der Waals surface area contributed by atoms with E-state index < -0.39 is 23.6 Å². The van der Waals surface area contributed by atoms with Crippen molar-refractivity contribution in [2.75, 3.05) is 11.9 Å². The zero-order valence-corrected chi connectivity index (χ0v) is 24.1. The Labute approximate surface area is 249 Å². The van der Waals surface area contributed by atoms with Gasteiger partial charge in [0.25, 0.3) is 23.6 Å². The molecule has 5 aromatic rings. The Morgan fingerprint density at radius 1 is 0.512 bits per heavy atom. The first-order valence-electron chi connectivity index (χ1n) is 14.5. The Morgan fingerprint density at radius 3 is 1.47 bits per heavy atom. The summed E-state index contributed by atoms with van der Waals surface area (Å²) in [5.41, 5.74) is 6.21. The smallest absolute Gasteiger partial charge is 0.266 e. The number of hydrogen-bond acceptors (Lipinski definition) is 4. The minimum Gasteiger partial charge on any atom is -0.277 e. The second kappa shape index (κ2) is 9.88. The highest BCUT2D eigenvalue weighted by atomic mass is 16.2. The molecule has 6 heteroatoms. The van der Waals surface area contributed by atoms with Crippen molar-refractivity contribution in [3.8, 4) is 22.3 Å². The molecule has 0 aromatic heterocycles. The molecule has 4 amide bonds. The van der Waals surface area contributed by atoms with E-state index in [-0.39, 0.29) is 0 Å². The number of amides is 4. The van der Waals surface area contributed by atoms with Crippen LogP contribution in [0.2, 0.25) is 0 Å². The normalized spacial score (nSPS) is 14.2. The Hall–Kier alpha value is -5.36. The molecule has 6 nitrogen and oxygen atoms in total. The minimum atomic E-state index is -0.468. The topological polar surface area (TPSA) is 74.8 Å². The summed E-state index contributed by atoms with van der Waals surface area (Å²) in [5.74, 6) is -1.86. The molecule has 2 heterocycles. The first kappa shape index (κ1) is 26.5. The largest absolute Gasteiger partial charge is 0.277 e. The van der Waals surface area contributed by atoms with Gasteiger partial charge in [0, 0.05) is 28.9 Å². The van der Waals surface area contributed by atoms with Crippen LogP contribution in [0, 0.1) is 0 Å². The zero-order valence-electron chi connectivity index (χ0n) is 24.1. The van der Waals surface area contributed by atoms with E-state index in [2.05, 4.69) is 0 Å². The third-order valence-electron chi connectivity index (χ3n) is 8.67. The van der Waals surface area contributed by atoms with Gasteiger partial charge >= 0.3 is 0 Å². The molecule has 0 N–H and O–H groups in total. The number of hydrogen-bond donors (Lipinski definition) is 0. The quantitative estimate of drug-likeness (QED) is 0.210. The van der Waals surface area contributed by atoms with E-state index in [4.69, 9.17) is 0 Å². The molecule has 43 heavy (non-hydrogen) atoms. The van der Waals surface area contributed by atoms with Gasteiger partial charge in [-0.2, -0.15) is 0 Å². The van der Waals surface area contributed by atoms with Gasteiger partial charge < -0.3 is 0 Å². The lowest BCUT2D eigenvalue weighted by molar-refractivity contribution is 0.0649. The fourth-order valence-corrected chi connectivity index (χ4v) is 6.58. The highest BCUT2D eigenvalue weighted by Gasteiger charge is 2.43. The number of para-hydroxylation sites is 1. The third-order valence-corrected chi connectivity index (χ3v) is 8.67. The predicted molar refractivity (Wildman–Crippen MR) is 168 cm³/mol. The van der Waals surface area contributed by atoms with E-state index in [9.17, 15) is 19.2 Å². The van der Waals surface area contributed by atoms with E-state index in [0.29, 0.717) is 62.7 Å². The second-order valence-electron chi connectivity index (χ2n) is 10.9. The predicted octanol–water partition coefficient (Wildman–Crippen LogP) is 7.33. The summed E-state index contributed by atoms with van der Waals surface area (Å²) < 4.78 is 0. The summed E-state index contributed by atoms with van der Waals surface area (Å²) in [7, 11) is 1.47. The zero-order chi connectivity index (χ0) is 30.0. The van der Waals surface area contributed by atoms with Crippen LogP contribution in [0.25, 0.3) is 33.0 Å². The van der Waals surface area contributed by atoms with Gasteiger partial charge in [0.05, 0.1) is 16.8 Å². The third kappa shape index (κ3) is 3.73. The van der Waals surface area contributed by atoms with Crippen LogP contribution < -0.4 is 4.90 Å². The van der Waals surface area contributed by atoms with Crippen molar-refractivity contribution in [3.63, 3.8) is 0 Å². The van der Waals surface area contributed by atoms with E-state index in [1.54, 1.807) is 12.1 Å². The fraction of sp³-hybridized carbons (Fsp3) is 0.135. The Balaban J connectivity index is 1.67. The number of carbonyl (C=O) groups excluding carboxylic acids is 4. The van der Waals surface area contributed by atoms with Gasteiger partial charge in [-0.05, 0) is 58.4 Å². The summed E-state index contributed by atoms with van der Waals surface area (Å²) in [6.45, 7) is 4.01. The highest BCUT2D eigenvalue weighted by molar-refractivity contribution is 6.42. The van der Waals surface area contributed by atoms with Gasteiger partial charge in [-0.25, -0.2) is 4.90 Å². The summed E-state index contributed by atoms with van der Waals surface area (Å²) in [4.78, 5) is 59.4. The lowest BCUT2D eigenvalue weighted by Gasteiger charge is -2.35. The van der Waals surface area contributed by atoms with Crippen molar-refractivity contribution < 1.29 is 19.2 Å². The van der Waals surface area contributed by atoms with E-state index >= 15 is 0 Å². The van der Waals surface area contributed by atoms with Crippen LogP contribution in [0.5, 0.6) is 0 Å². The van der Waals surface area contributed by atoms with Gasteiger partial charge in [-0.1, -0.05) is 92.7 Å². The molecule has 7 rings (SSSR count). The van der Waals surface area contributed by atoms with Crippen LogP contribution in [-0.4, -0.2) is 35.6 Å². The first-order chi connectivity index (χ1) is 20.9. The summed E-state index contributed by atoms with van der Waals surface area (Å²) in [6, 6.07) is 28.1. The SMILES string of the molecule is CCc1cccc(CC)c1N1C(=O)c2cc(-c3ccccc3)c3c4c(cc(-c5ccccc5)c(c24)C1=O)C(=O)N(C)C3=O. The van der Waals surface area contributed by atoms with Crippen LogP contribution in [0.3, 0.4) is 0 Å². The minimum absolute atomic E-state index is 0.296. The van der Waals surface area contributed by atoms with Gasteiger partial charge in [0.2, 0.25) is 0 Å². The lowest BCUT2D eigenvalue weighted by Crippen LogP contribution is -2.43. The van der Waals surface area contributed by atoms with Crippen molar-refractivity contribution in [2.45, 2.75) is 26.7 Å². The summed E-state index contributed by atoms with van der Waals surface area (Å²) in [6.07, 6.45) is 1.27. The van der Waals surface area contributed by atoms with Crippen LogP contribution >= 0.6 is 0 Å². The van der Waals surface area contributed by atoms with Crippen molar-refractivity contribution >= 4 is 40.1 Å². The number of benzene rings is 5. The van der Waals surface area contributed by atoms with Gasteiger partial charge in [-0.3, -0.25) is 24.1 Å². The first-order valence-corrected chi connectivity index (χ1v) is 14.5. The lowest BCUT2D eigenvalue weighted by atomic mass is 9.79. The number of rotatable bonds is 5. The van der Waals surface area contributed by atoms with E-state index in [0.717, 1.165) is 27.2 Å². The summed E-state index contributed by atoms with van der Waals surface area (Å²) >= 11 is 0. The molecule has 0 unspecified atom stereocenters. The average molecular weight is 565 g/mol. The van der Waals surface area contributed by atoms with E-state index in [1.807, 2.05) is 92.7 Å². The second-order valence-corrected chi connectivity index (χ2v) is 10.9. The number of carbonyl (C=O) groups is 4. The fourth-order valence-electron chi connectivity index (χ4n) is 6.58. The molecule has 0 saturated carbocycles. The molecule has 0 spiro atoms. The molecule has 210 valence electrons. The molecule has 2 aliphatic rings. The highest BCUT2D eigenvalue weighted by Crippen LogP contribution is 2.47. The maximum Gasteiger partial charge on any atom is 0.266 e. The van der Waals surface area contributed by atoms with Crippen molar-refractivity contribution in [3.05, 3.63) is 124 Å². The van der Waals surface area contributed by atoms with Crippen LogP contribution in [0.1, 0.15) is 66.4 Å².